The third kappa shape index (κ3) is 1.96. The van der Waals surface area contributed by atoms with Gasteiger partial charge in [0.25, 0.3) is 0 Å². The second kappa shape index (κ2) is 4.33. The molecule has 0 saturated carbocycles. The van der Waals surface area contributed by atoms with Gasteiger partial charge in [0.2, 0.25) is 5.69 Å². The zero-order chi connectivity index (χ0) is 14.6. The van der Waals surface area contributed by atoms with Crippen LogP contribution in [0.5, 0.6) is 0 Å². The molecule has 1 nitrogen and oxygen atoms in total. The van der Waals surface area contributed by atoms with E-state index in [4.69, 9.17) is 0 Å². The minimum atomic E-state index is -4.27. The van der Waals surface area contributed by atoms with E-state index in [0.717, 1.165) is 29.7 Å². The van der Waals surface area contributed by atoms with Crippen molar-refractivity contribution in [3.8, 4) is 11.3 Å². The minimum absolute atomic E-state index is 0.544. The first-order valence-electron chi connectivity index (χ1n) is 7.29. The van der Waals surface area contributed by atoms with Gasteiger partial charge in [0.15, 0.2) is 12.7 Å². The van der Waals surface area contributed by atoms with Gasteiger partial charge >= 0.3 is 6.18 Å². The van der Waals surface area contributed by atoms with E-state index in [1.54, 1.807) is 6.07 Å². The second-order valence-corrected chi connectivity index (χ2v) is 5.87. The average Bonchev–Trinajstić information content (AvgIpc) is 2.84. The molecule has 0 saturated heterocycles. The maximum absolute atomic E-state index is 12.9. The van der Waals surface area contributed by atoms with E-state index in [0.29, 0.717) is 6.54 Å². The van der Waals surface area contributed by atoms with Crippen molar-refractivity contribution in [1.29, 1.82) is 0 Å². The fraction of sp³-hybridized carbons (Fsp3) is 0.353. The molecule has 0 atom stereocenters. The van der Waals surface area contributed by atoms with E-state index in [1.165, 1.54) is 36.1 Å². The van der Waals surface area contributed by atoms with Gasteiger partial charge in [-0.25, -0.2) is 0 Å². The Balaban J connectivity index is 1.88. The Labute approximate surface area is 121 Å². The van der Waals surface area contributed by atoms with E-state index < -0.39 is 11.7 Å². The standard InChI is InChI=1S/C17H15F3N/c18-17(19,20)13-5-6-15-12(9-13)10-21-8-7-11-3-1-2-4-14(11)16(15)21/h5-9H,1-4,10H2/q+1. The molecule has 4 heteroatoms. The van der Waals surface area contributed by atoms with Crippen LogP contribution in [0, 0.1) is 0 Å². The molecule has 4 rings (SSSR count). The molecule has 2 heterocycles. The molecule has 108 valence electrons. The number of fused-ring (bicyclic) bond motifs is 5. The first-order chi connectivity index (χ1) is 10.0. The van der Waals surface area contributed by atoms with Crippen LogP contribution >= 0.6 is 0 Å². The molecule has 0 spiro atoms. The smallest absolute Gasteiger partial charge is 0.194 e. The number of benzene rings is 1. The molecule has 0 fully saturated rings. The molecule has 21 heavy (non-hydrogen) atoms. The number of alkyl halides is 3. The molecular weight excluding hydrogens is 275 g/mol. The van der Waals surface area contributed by atoms with E-state index in [9.17, 15) is 13.2 Å². The Morgan fingerprint density at radius 3 is 2.57 bits per heavy atom. The highest BCUT2D eigenvalue weighted by molar-refractivity contribution is 5.68. The highest BCUT2D eigenvalue weighted by Crippen LogP contribution is 2.37. The van der Waals surface area contributed by atoms with Crippen LogP contribution in [0.25, 0.3) is 11.3 Å². The zero-order valence-corrected chi connectivity index (χ0v) is 11.5. The number of halogens is 3. The molecule has 2 aliphatic rings. The fourth-order valence-corrected chi connectivity index (χ4v) is 3.58. The SMILES string of the molecule is FC(F)(F)c1ccc2c(c1)C[n+]1ccc3c(c1-2)CCCC3. The molecule has 1 aliphatic heterocycles. The summed E-state index contributed by atoms with van der Waals surface area (Å²) in [5, 5.41) is 0. The van der Waals surface area contributed by atoms with Crippen molar-refractivity contribution in [3.63, 3.8) is 0 Å². The van der Waals surface area contributed by atoms with Gasteiger partial charge in [0.05, 0.1) is 11.1 Å². The summed E-state index contributed by atoms with van der Waals surface area (Å²) in [5.41, 5.74) is 5.03. The average molecular weight is 290 g/mol. The van der Waals surface area contributed by atoms with Crippen molar-refractivity contribution in [3.05, 3.63) is 52.7 Å². The number of pyridine rings is 1. The van der Waals surface area contributed by atoms with Crippen LogP contribution in [0.4, 0.5) is 13.2 Å². The number of aryl methyl sites for hydroxylation is 1. The van der Waals surface area contributed by atoms with Gasteiger partial charge in [0.1, 0.15) is 0 Å². The van der Waals surface area contributed by atoms with Crippen molar-refractivity contribution in [1.82, 2.24) is 0 Å². The lowest BCUT2D eigenvalue weighted by molar-refractivity contribution is -0.672. The summed E-state index contributed by atoms with van der Waals surface area (Å²) in [6, 6.07) is 6.29. The van der Waals surface area contributed by atoms with Gasteiger partial charge in [-0.3, -0.25) is 0 Å². The van der Waals surface area contributed by atoms with Gasteiger partial charge in [-0.15, -0.1) is 0 Å². The monoisotopic (exact) mass is 290 g/mol. The first-order valence-corrected chi connectivity index (χ1v) is 7.29. The zero-order valence-electron chi connectivity index (χ0n) is 11.5. The molecule has 0 unspecified atom stereocenters. The Kier molecular flexibility index (Phi) is 2.65. The number of rotatable bonds is 0. The maximum Gasteiger partial charge on any atom is 0.416 e. The van der Waals surface area contributed by atoms with Crippen LogP contribution in [-0.2, 0) is 25.6 Å². The topological polar surface area (TPSA) is 3.88 Å². The summed E-state index contributed by atoms with van der Waals surface area (Å²) in [5.74, 6) is 0. The molecule has 1 aliphatic carbocycles. The van der Waals surface area contributed by atoms with Crippen LogP contribution in [0.3, 0.4) is 0 Å². The summed E-state index contributed by atoms with van der Waals surface area (Å²) < 4.78 is 40.6. The van der Waals surface area contributed by atoms with Gasteiger partial charge < -0.3 is 0 Å². The van der Waals surface area contributed by atoms with Gasteiger partial charge in [-0.05, 0) is 49.4 Å². The van der Waals surface area contributed by atoms with E-state index in [2.05, 4.69) is 10.6 Å². The maximum atomic E-state index is 12.9. The lowest BCUT2D eigenvalue weighted by atomic mass is 9.89. The van der Waals surface area contributed by atoms with Crippen molar-refractivity contribution in [2.75, 3.05) is 0 Å². The van der Waals surface area contributed by atoms with E-state index >= 15 is 0 Å². The summed E-state index contributed by atoms with van der Waals surface area (Å²) in [4.78, 5) is 0. The van der Waals surface area contributed by atoms with Crippen LogP contribution in [0.2, 0.25) is 0 Å². The third-order valence-corrected chi connectivity index (χ3v) is 4.57. The van der Waals surface area contributed by atoms with Crippen molar-refractivity contribution < 1.29 is 17.7 Å². The molecule has 0 bridgehead atoms. The Hall–Kier alpha value is -1.84. The molecule has 0 N–H and O–H groups in total. The largest absolute Gasteiger partial charge is 0.416 e. The summed E-state index contributed by atoms with van der Waals surface area (Å²) in [6.07, 6.45) is 2.24. The number of aromatic nitrogens is 1. The summed E-state index contributed by atoms with van der Waals surface area (Å²) >= 11 is 0. The highest BCUT2D eigenvalue weighted by atomic mass is 19.4. The van der Waals surface area contributed by atoms with Crippen LogP contribution < -0.4 is 4.57 Å². The fourth-order valence-electron chi connectivity index (χ4n) is 3.58. The Morgan fingerprint density at radius 2 is 1.76 bits per heavy atom. The Morgan fingerprint density at radius 1 is 0.952 bits per heavy atom. The number of hydrogen-bond donors (Lipinski definition) is 0. The van der Waals surface area contributed by atoms with E-state index in [-0.39, 0.29) is 0 Å². The van der Waals surface area contributed by atoms with Gasteiger partial charge in [0, 0.05) is 17.2 Å². The second-order valence-electron chi connectivity index (χ2n) is 5.87. The molecule has 0 radical (unpaired) electrons. The van der Waals surface area contributed by atoms with Crippen molar-refractivity contribution in [2.24, 2.45) is 0 Å². The Bertz CT molecular complexity index is 732. The predicted octanol–water partition coefficient (Wildman–Crippen LogP) is 3.90. The lowest BCUT2D eigenvalue weighted by Gasteiger charge is -2.15. The molecule has 1 aromatic heterocycles. The summed E-state index contributed by atoms with van der Waals surface area (Å²) in [7, 11) is 0. The van der Waals surface area contributed by atoms with Crippen LogP contribution in [0.15, 0.2) is 30.5 Å². The summed E-state index contributed by atoms with van der Waals surface area (Å²) in [6.45, 7) is 0.544. The van der Waals surface area contributed by atoms with Crippen LogP contribution in [0.1, 0.15) is 35.1 Å². The predicted molar refractivity (Wildman–Crippen MR) is 72.8 cm³/mol. The quantitative estimate of drug-likeness (QED) is 0.553. The minimum Gasteiger partial charge on any atom is -0.194 e. The first kappa shape index (κ1) is 12.9. The van der Waals surface area contributed by atoms with Gasteiger partial charge in [-0.2, -0.15) is 17.7 Å². The highest BCUT2D eigenvalue weighted by Gasteiger charge is 2.36. The van der Waals surface area contributed by atoms with E-state index in [1.807, 2.05) is 6.20 Å². The van der Waals surface area contributed by atoms with Crippen LogP contribution in [-0.4, -0.2) is 0 Å². The molecular formula is C17H15F3N+. The normalized spacial score (nSPS) is 16.3. The third-order valence-electron chi connectivity index (χ3n) is 4.57. The molecule has 0 amide bonds. The molecule has 2 aromatic rings. The molecule has 1 aromatic carbocycles. The van der Waals surface area contributed by atoms with Gasteiger partial charge in [-0.1, -0.05) is 0 Å². The van der Waals surface area contributed by atoms with Crippen molar-refractivity contribution in [2.45, 2.75) is 38.4 Å². The number of hydrogen-bond acceptors (Lipinski definition) is 0. The number of nitrogens with zero attached hydrogens (tertiary/aromatic N) is 1. The lowest BCUT2D eigenvalue weighted by Crippen LogP contribution is -2.33. The van der Waals surface area contributed by atoms with Crippen molar-refractivity contribution >= 4 is 0 Å².